The van der Waals surface area contributed by atoms with Crippen LogP contribution in [0.3, 0.4) is 0 Å². The van der Waals surface area contributed by atoms with Crippen molar-refractivity contribution in [2.75, 3.05) is 11.6 Å². The van der Waals surface area contributed by atoms with Crippen molar-refractivity contribution in [1.82, 2.24) is 4.57 Å². The monoisotopic (exact) mass is 364 g/mol. The summed E-state index contributed by atoms with van der Waals surface area (Å²) in [5.41, 5.74) is 4.96. The van der Waals surface area contributed by atoms with Gasteiger partial charge in [-0.2, -0.15) is 0 Å². The van der Waals surface area contributed by atoms with Crippen LogP contribution >= 0.6 is 23.1 Å². The van der Waals surface area contributed by atoms with E-state index in [1.165, 1.54) is 32.1 Å². The van der Waals surface area contributed by atoms with E-state index in [9.17, 15) is 0 Å². The van der Waals surface area contributed by atoms with Crippen LogP contribution in [0.15, 0.2) is 71.1 Å². The van der Waals surface area contributed by atoms with Crippen molar-refractivity contribution in [3.8, 4) is 5.69 Å². The van der Waals surface area contributed by atoms with Crippen LogP contribution in [0.1, 0.15) is 10.4 Å². The molecule has 0 bridgehead atoms. The van der Waals surface area contributed by atoms with E-state index in [0.717, 1.165) is 12.2 Å². The highest BCUT2D eigenvalue weighted by atomic mass is 32.2. The minimum absolute atomic E-state index is 0.880. The molecule has 0 saturated carbocycles. The maximum atomic E-state index is 3.52. The van der Waals surface area contributed by atoms with Crippen LogP contribution in [0, 0.1) is 6.92 Å². The summed E-state index contributed by atoms with van der Waals surface area (Å²) in [6.07, 6.45) is 2.13. The molecular weight excluding hydrogens is 344 g/mol. The molecule has 2 nitrogen and oxygen atoms in total. The number of fused-ring (bicyclic) bond motifs is 1. The highest BCUT2D eigenvalue weighted by molar-refractivity contribution is 7.98. The third kappa shape index (κ3) is 3.20. The molecule has 0 saturated heterocycles. The van der Waals surface area contributed by atoms with Crippen LogP contribution in [0.2, 0.25) is 0 Å². The Morgan fingerprint density at radius 1 is 1.04 bits per heavy atom. The molecule has 2 heterocycles. The van der Waals surface area contributed by atoms with Crippen LogP contribution in [-0.4, -0.2) is 10.8 Å². The van der Waals surface area contributed by atoms with E-state index >= 15 is 0 Å². The second kappa shape index (κ2) is 6.98. The molecule has 0 atom stereocenters. The Labute approximate surface area is 156 Å². The molecule has 0 unspecified atom stereocenters. The molecule has 0 aliphatic rings. The molecule has 0 radical (unpaired) electrons. The summed E-state index contributed by atoms with van der Waals surface area (Å²) in [6.45, 7) is 3.04. The number of benzene rings is 2. The molecule has 0 fully saturated rings. The zero-order valence-corrected chi connectivity index (χ0v) is 16.0. The van der Waals surface area contributed by atoms with Crippen LogP contribution < -0.4 is 5.32 Å². The Hall–Kier alpha value is -2.17. The smallest absolute Gasteiger partial charge is 0.0802 e. The predicted octanol–water partition coefficient (Wildman–Crippen LogP) is 6.33. The molecule has 126 valence electrons. The third-order valence-corrected chi connectivity index (χ3v) is 6.17. The predicted molar refractivity (Wildman–Crippen MR) is 111 cm³/mol. The fourth-order valence-corrected chi connectivity index (χ4v) is 4.52. The lowest BCUT2D eigenvalue weighted by molar-refractivity contribution is 0.993. The van der Waals surface area contributed by atoms with Gasteiger partial charge in [0.1, 0.15) is 0 Å². The maximum absolute atomic E-state index is 3.52. The molecule has 4 heteroatoms. The Morgan fingerprint density at radius 2 is 1.84 bits per heavy atom. The number of aryl methyl sites for hydroxylation is 1. The number of hydrogen-bond donors (Lipinski definition) is 1. The number of anilines is 1. The first-order valence-electron chi connectivity index (χ1n) is 8.28. The lowest BCUT2D eigenvalue weighted by Crippen LogP contribution is -2.00. The summed E-state index contributed by atoms with van der Waals surface area (Å²) in [6, 6.07) is 21.7. The zero-order chi connectivity index (χ0) is 17.2. The summed E-state index contributed by atoms with van der Waals surface area (Å²) in [5.74, 6) is 0. The molecule has 0 aliphatic carbocycles. The SMILES string of the molecule is CSc1cc2ccccc2n1-c1ccc(NCc2sccc2C)cc1. The first kappa shape index (κ1) is 16.3. The highest BCUT2D eigenvalue weighted by Crippen LogP contribution is 2.30. The molecule has 4 aromatic rings. The lowest BCUT2D eigenvalue weighted by Gasteiger charge is -2.11. The van der Waals surface area contributed by atoms with Gasteiger partial charge in [0.2, 0.25) is 0 Å². The first-order chi connectivity index (χ1) is 12.3. The quantitative estimate of drug-likeness (QED) is 0.416. The normalized spacial score (nSPS) is 11.1. The van der Waals surface area contributed by atoms with Crippen molar-refractivity contribution >= 4 is 39.7 Å². The molecule has 2 aromatic carbocycles. The van der Waals surface area contributed by atoms with Crippen LogP contribution in [0.5, 0.6) is 0 Å². The van der Waals surface area contributed by atoms with E-state index in [-0.39, 0.29) is 0 Å². The van der Waals surface area contributed by atoms with Gasteiger partial charge >= 0.3 is 0 Å². The van der Waals surface area contributed by atoms with Gasteiger partial charge in [-0.25, -0.2) is 0 Å². The van der Waals surface area contributed by atoms with Gasteiger partial charge in [-0.05, 0) is 66.6 Å². The average Bonchev–Trinajstić information content (AvgIpc) is 3.23. The van der Waals surface area contributed by atoms with E-state index in [0.29, 0.717) is 0 Å². The summed E-state index contributed by atoms with van der Waals surface area (Å²) in [7, 11) is 0. The fourth-order valence-electron chi connectivity index (χ4n) is 3.04. The number of hydrogen-bond acceptors (Lipinski definition) is 3. The van der Waals surface area contributed by atoms with Gasteiger partial charge in [0.15, 0.2) is 0 Å². The van der Waals surface area contributed by atoms with E-state index in [1.807, 2.05) is 0 Å². The molecule has 25 heavy (non-hydrogen) atoms. The Balaban J connectivity index is 1.61. The van der Waals surface area contributed by atoms with Gasteiger partial charge in [-0.15, -0.1) is 23.1 Å². The summed E-state index contributed by atoms with van der Waals surface area (Å²) in [4.78, 5) is 1.39. The van der Waals surface area contributed by atoms with Crippen LogP contribution in [0.25, 0.3) is 16.6 Å². The van der Waals surface area contributed by atoms with E-state index in [1.54, 1.807) is 23.1 Å². The van der Waals surface area contributed by atoms with Crippen LogP contribution in [0.4, 0.5) is 5.69 Å². The molecule has 0 amide bonds. The summed E-state index contributed by atoms with van der Waals surface area (Å²) >= 11 is 3.59. The third-order valence-electron chi connectivity index (χ3n) is 4.43. The van der Waals surface area contributed by atoms with Crippen LogP contribution in [-0.2, 0) is 6.54 Å². The van der Waals surface area contributed by atoms with Gasteiger partial charge in [-0.3, -0.25) is 0 Å². The Morgan fingerprint density at radius 3 is 2.56 bits per heavy atom. The van der Waals surface area contributed by atoms with Crippen molar-refractivity contribution in [2.45, 2.75) is 18.5 Å². The standard InChI is InChI=1S/C21H20N2S2/c1-15-11-12-25-20(15)14-22-17-7-9-18(10-8-17)23-19-6-4-3-5-16(19)13-21(23)24-2/h3-13,22H,14H2,1-2H3. The van der Waals surface area contributed by atoms with Gasteiger partial charge in [-0.1, -0.05) is 18.2 Å². The van der Waals surface area contributed by atoms with Crippen molar-refractivity contribution in [2.24, 2.45) is 0 Å². The molecule has 1 N–H and O–H groups in total. The maximum Gasteiger partial charge on any atom is 0.0802 e. The molecule has 0 aliphatic heterocycles. The van der Waals surface area contributed by atoms with Gasteiger partial charge in [0.25, 0.3) is 0 Å². The van der Waals surface area contributed by atoms with Gasteiger partial charge in [0, 0.05) is 28.2 Å². The topological polar surface area (TPSA) is 17.0 Å². The van der Waals surface area contributed by atoms with E-state index in [4.69, 9.17) is 0 Å². The van der Waals surface area contributed by atoms with Crippen molar-refractivity contribution in [3.63, 3.8) is 0 Å². The summed E-state index contributed by atoms with van der Waals surface area (Å²) in [5, 5.41) is 8.21. The first-order valence-corrected chi connectivity index (χ1v) is 10.4. The lowest BCUT2D eigenvalue weighted by atomic mass is 10.2. The van der Waals surface area contributed by atoms with Gasteiger partial charge < -0.3 is 9.88 Å². The van der Waals surface area contributed by atoms with E-state index < -0.39 is 0 Å². The Kier molecular flexibility index (Phi) is 4.55. The minimum Gasteiger partial charge on any atom is -0.380 e. The number of aromatic nitrogens is 1. The minimum atomic E-state index is 0.880. The number of thioether (sulfide) groups is 1. The number of thiophene rings is 1. The number of nitrogens with one attached hydrogen (secondary N) is 1. The molecule has 0 spiro atoms. The summed E-state index contributed by atoms with van der Waals surface area (Å²) < 4.78 is 2.33. The molecule has 2 aromatic heterocycles. The Bertz CT molecular complexity index is 996. The van der Waals surface area contributed by atoms with E-state index in [2.05, 4.69) is 89.1 Å². The molecule has 4 rings (SSSR count). The highest BCUT2D eigenvalue weighted by Gasteiger charge is 2.09. The average molecular weight is 365 g/mol. The number of rotatable bonds is 5. The van der Waals surface area contributed by atoms with Gasteiger partial charge in [0.05, 0.1) is 10.5 Å². The second-order valence-electron chi connectivity index (χ2n) is 6.01. The number of nitrogens with zero attached hydrogens (tertiary/aromatic N) is 1. The number of para-hydroxylation sites is 1. The second-order valence-corrected chi connectivity index (χ2v) is 7.84. The fraction of sp³-hybridized carbons (Fsp3) is 0.143. The van der Waals surface area contributed by atoms with Crippen molar-refractivity contribution < 1.29 is 0 Å². The largest absolute Gasteiger partial charge is 0.380 e. The molecular formula is C21H20N2S2. The zero-order valence-electron chi connectivity index (χ0n) is 14.3. The van der Waals surface area contributed by atoms with Crippen molar-refractivity contribution in [1.29, 1.82) is 0 Å². The van der Waals surface area contributed by atoms with Crippen molar-refractivity contribution in [3.05, 3.63) is 76.5 Å².